The maximum absolute atomic E-state index is 14.4. The van der Waals surface area contributed by atoms with E-state index >= 15 is 0 Å². The van der Waals surface area contributed by atoms with Gasteiger partial charge >= 0.3 is 18.3 Å². The average Bonchev–Trinajstić information content (AvgIpc) is 3.30. The molecule has 1 aromatic carbocycles. The second kappa shape index (κ2) is 10.6. The van der Waals surface area contributed by atoms with Gasteiger partial charge in [-0.15, -0.1) is 0 Å². The first-order valence-electron chi connectivity index (χ1n) is 10.1. The number of rotatable bonds is 4. The summed E-state index contributed by atoms with van der Waals surface area (Å²) in [6.07, 6.45) is -3.45. The van der Waals surface area contributed by atoms with Crippen LogP contribution >= 0.6 is 0 Å². The highest BCUT2D eigenvalue weighted by molar-refractivity contribution is 5.94. The van der Waals surface area contributed by atoms with E-state index < -0.39 is 41.7 Å². The topological polar surface area (TPSA) is 96.6 Å². The van der Waals surface area contributed by atoms with Crippen LogP contribution in [0, 0.1) is 5.82 Å². The number of fused-ring (bicyclic) bond motifs is 1. The van der Waals surface area contributed by atoms with Crippen molar-refractivity contribution in [1.29, 1.82) is 0 Å². The van der Waals surface area contributed by atoms with E-state index in [0.29, 0.717) is 5.65 Å². The van der Waals surface area contributed by atoms with Gasteiger partial charge in [-0.1, -0.05) is 12.1 Å². The molecule has 4 aromatic rings. The second-order valence-electron chi connectivity index (χ2n) is 7.31. The number of amides is 1. The summed E-state index contributed by atoms with van der Waals surface area (Å²) < 4.78 is 86.5. The molecule has 0 saturated carbocycles. The first-order valence-corrected chi connectivity index (χ1v) is 10.1. The number of benzene rings is 1. The Kier molecular flexibility index (Phi) is 7.79. The molecule has 14 heteroatoms. The van der Waals surface area contributed by atoms with Gasteiger partial charge in [0.1, 0.15) is 17.2 Å². The third-order valence-electron chi connectivity index (χ3n) is 4.80. The number of carbonyl (C=O) groups is 2. The van der Waals surface area contributed by atoms with Gasteiger partial charge in [0.25, 0.3) is 5.91 Å². The highest BCUT2D eigenvalue weighted by atomic mass is 19.4. The van der Waals surface area contributed by atoms with Gasteiger partial charge in [-0.2, -0.15) is 26.3 Å². The number of halogens is 7. The summed E-state index contributed by atoms with van der Waals surface area (Å²) in [6, 6.07) is 8.82. The molecule has 3 heterocycles. The molecular weight excluding hydrogens is 513 g/mol. The average molecular weight is 528 g/mol. The maximum Gasteiger partial charge on any atom is 0.490 e. The van der Waals surface area contributed by atoms with Crippen LogP contribution in [0.25, 0.3) is 5.65 Å². The summed E-state index contributed by atoms with van der Waals surface area (Å²) in [5.74, 6) is -3.99. The van der Waals surface area contributed by atoms with Gasteiger partial charge in [0, 0.05) is 24.8 Å². The minimum absolute atomic E-state index is 0.102. The highest BCUT2D eigenvalue weighted by Gasteiger charge is 2.38. The van der Waals surface area contributed by atoms with Crippen molar-refractivity contribution in [2.24, 2.45) is 0 Å². The van der Waals surface area contributed by atoms with E-state index in [2.05, 4.69) is 15.3 Å². The summed E-state index contributed by atoms with van der Waals surface area (Å²) in [4.78, 5) is 29.8. The standard InChI is InChI=1S/C21H14F4N4O.C2HF3O2/c22-16-2-1-9-27-19(16)18(13-3-6-15(7-4-13)21(23,24)25)28-20(30)14-5-8-17-26-10-11-29(17)12-14;3-2(4,5)1(6)7/h1-12,18H,(H,28,30);(H,6,7)/t18-;/m0./s1. The summed E-state index contributed by atoms with van der Waals surface area (Å²) in [5.41, 5.74) is 0.228. The Labute approximate surface area is 203 Å². The molecule has 0 aliphatic heterocycles. The molecule has 0 saturated heterocycles. The Morgan fingerprint density at radius 3 is 2.14 bits per heavy atom. The fourth-order valence-corrected chi connectivity index (χ4v) is 3.05. The molecule has 0 radical (unpaired) electrons. The fourth-order valence-electron chi connectivity index (χ4n) is 3.05. The highest BCUT2D eigenvalue weighted by Crippen LogP contribution is 2.31. The molecule has 0 aliphatic rings. The van der Waals surface area contributed by atoms with Crippen molar-refractivity contribution in [2.45, 2.75) is 18.4 Å². The number of aliphatic carboxylic acids is 1. The summed E-state index contributed by atoms with van der Waals surface area (Å²) in [6.45, 7) is 0. The Bertz CT molecular complexity index is 1400. The van der Waals surface area contributed by atoms with Crippen LogP contribution in [0.15, 0.2) is 73.3 Å². The quantitative estimate of drug-likeness (QED) is 0.362. The van der Waals surface area contributed by atoms with E-state index in [9.17, 15) is 35.5 Å². The Morgan fingerprint density at radius 1 is 0.919 bits per heavy atom. The molecule has 2 N–H and O–H groups in total. The number of imidazole rings is 1. The molecule has 7 nitrogen and oxygen atoms in total. The number of aromatic nitrogens is 3. The molecule has 194 valence electrons. The van der Waals surface area contributed by atoms with Crippen molar-refractivity contribution in [3.05, 3.63) is 102 Å². The van der Waals surface area contributed by atoms with E-state index in [0.717, 1.165) is 12.1 Å². The maximum atomic E-state index is 14.4. The van der Waals surface area contributed by atoms with Crippen LogP contribution < -0.4 is 5.32 Å². The first-order chi connectivity index (χ1) is 17.3. The van der Waals surface area contributed by atoms with Gasteiger partial charge in [-0.3, -0.25) is 9.78 Å². The number of hydrogen-bond acceptors (Lipinski definition) is 4. The summed E-state index contributed by atoms with van der Waals surface area (Å²) >= 11 is 0. The van der Waals surface area contributed by atoms with Crippen molar-refractivity contribution in [3.63, 3.8) is 0 Å². The van der Waals surface area contributed by atoms with E-state index in [1.54, 1.807) is 35.1 Å². The van der Waals surface area contributed by atoms with Crippen LogP contribution in [0.3, 0.4) is 0 Å². The lowest BCUT2D eigenvalue weighted by Crippen LogP contribution is -2.30. The van der Waals surface area contributed by atoms with Crippen molar-refractivity contribution >= 4 is 17.5 Å². The zero-order valence-corrected chi connectivity index (χ0v) is 18.3. The lowest BCUT2D eigenvalue weighted by atomic mass is 10.0. The third kappa shape index (κ3) is 6.80. The second-order valence-corrected chi connectivity index (χ2v) is 7.31. The molecule has 0 bridgehead atoms. The van der Waals surface area contributed by atoms with Crippen molar-refractivity contribution in [3.8, 4) is 0 Å². The molecule has 0 aliphatic carbocycles. The van der Waals surface area contributed by atoms with Crippen LogP contribution in [-0.2, 0) is 11.0 Å². The molecule has 1 amide bonds. The third-order valence-corrected chi connectivity index (χ3v) is 4.80. The van der Waals surface area contributed by atoms with Gasteiger partial charge in [0.15, 0.2) is 0 Å². The van der Waals surface area contributed by atoms with Gasteiger partial charge in [0.05, 0.1) is 17.2 Å². The van der Waals surface area contributed by atoms with Crippen LogP contribution in [-0.4, -0.2) is 37.5 Å². The zero-order valence-electron chi connectivity index (χ0n) is 18.3. The smallest absolute Gasteiger partial charge is 0.475 e. The molecule has 4 rings (SSSR count). The molecule has 3 aromatic heterocycles. The van der Waals surface area contributed by atoms with Gasteiger partial charge < -0.3 is 14.8 Å². The number of pyridine rings is 2. The fraction of sp³-hybridized carbons (Fsp3) is 0.130. The number of carbonyl (C=O) groups excluding carboxylic acids is 1. The number of carboxylic acids is 1. The molecule has 0 fully saturated rings. The predicted octanol–water partition coefficient (Wildman–Crippen LogP) is 5.04. The van der Waals surface area contributed by atoms with E-state index in [1.807, 2.05) is 0 Å². The summed E-state index contributed by atoms with van der Waals surface area (Å²) in [5, 5.41) is 9.79. The van der Waals surface area contributed by atoms with Crippen LogP contribution in [0.2, 0.25) is 0 Å². The van der Waals surface area contributed by atoms with Crippen LogP contribution in [0.4, 0.5) is 30.7 Å². The number of alkyl halides is 6. The van der Waals surface area contributed by atoms with Crippen LogP contribution in [0.1, 0.15) is 33.2 Å². The van der Waals surface area contributed by atoms with Gasteiger partial charge in [0.2, 0.25) is 0 Å². The molecule has 37 heavy (non-hydrogen) atoms. The monoisotopic (exact) mass is 528 g/mol. The van der Waals surface area contributed by atoms with Gasteiger partial charge in [-0.25, -0.2) is 14.2 Å². The lowest BCUT2D eigenvalue weighted by Gasteiger charge is -2.20. The summed E-state index contributed by atoms with van der Waals surface area (Å²) in [7, 11) is 0. The number of carboxylic acid groups (broad SMARTS) is 1. The Hall–Kier alpha value is -4.49. The van der Waals surface area contributed by atoms with E-state index in [1.165, 1.54) is 30.5 Å². The molecular formula is C23H15F7N4O3. The van der Waals surface area contributed by atoms with E-state index in [-0.39, 0.29) is 16.8 Å². The van der Waals surface area contributed by atoms with Crippen molar-refractivity contribution in [1.82, 2.24) is 19.7 Å². The first kappa shape index (κ1) is 27.1. The number of nitrogens with zero attached hydrogens (tertiary/aromatic N) is 3. The van der Waals surface area contributed by atoms with Crippen LogP contribution in [0.5, 0.6) is 0 Å². The van der Waals surface area contributed by atoms with E-state index in [4.69, 9.17) is 9.90 Å². The SMILES string of the molecule is O=C(N[C@@H](c1ccc(C(F)(F)F)cc1)c1ncccc1F)c1ccc2nccn2c1.O=C(O)C(F)(F)F. The predicted molar refractivity (Wildman–Crippen MR) is 114 cm³/mol. The Balaban J connectivity index is 0.000000479. The molecule has 0 spiro atoms. The normalized spacial score (nSPS) is 12.4. The van der Waals surface area contributed by atoms with Crippen molar-refractivity contribution in [2.75, 3.05) is 0 Å². The Morgan fingerprint density at radius 2 is 1.57 bits per heavy atom. The van der Waals surface area contributed by atoms with Gasteiger partial charge in [-0.05, 0) is 42.0 Å². The largest absolute Gasteiger partial charge is 0.490 e. The minimum Gasteiger partial charge on any atom is -0.475 e. The number of nitrogens with one attached hydrogen (secondary N) is 1. The molecule has 1 atom stereocenters. The lowest BCUT2D eigenvalue weighted by molar-refractivity contribution is -0.192. The molecule has 0 unspecified atom stereocenters. The zero-order chi connectivity index (χ0) is 27.4. The van der Waals surface area contributed by atoms with Crippen molar-refractivity contribution < 1.29 is 45.4 Å². The minimum atomic E-state index is -5.08. The number of hydrogen-bond donors (Lipinski definition) is 2.